The van der Waals surface area contributed by atoms with Gasteiger partial charge in [-0.05, 0) is 31.7 Å². The SMILES string of the molecule is CN=C(NCCn1cc(C)cn1)NC1CCN(CCCOC)CC1.I. The molecule has 1 aliphatic heterocycles. The van der Waals surface area contributed by atoms with Crippen molar-refractivity contribution in [1.29, 1.82) is 0 Å². The number of nitrogens with zero attached hydrogens (tertiary/aromatic N) is 4. The molecule has 8 heteroatoms. The number of piperidine rings is 1. The highest BCUT2D eigenvalue weighted by molar-refractivity contribution is 14.0. The maximum Gasteiger partial charge on any atom is 0.191 e. The zero-order valence-corrected chi connectivity index (χ0v) is 18.0. The second-order valence-corrected chi connectivity index (χ2v) is 6.39. The molecule has 0 saturated carbocycles. The molecule has 2 N–H and O–H groups in total. The smallest absolute Gasteiger partial charge is 0.191 e. The summed E-state index contributed by atoms with van der Waals surface area (Å²) in [5, 5.41) is 11.2. The molecular weight excluding hydrogens is 431 g/mol. The summed E-state index contributed by atoms with van der Waals surface area (Å²) < 4.78 is 7.08. The topological polar surface area (TPSA) is 66.7 Å². The number of ether oxygens (including phenoxy) is 1. The number of methoxy groups -OCH3 is 1. The largest absolute Gasteiger partial charge is 0.385 e. The summed E-state index contributed by atoms with van der Waals surface area (Å²) in [5.74, 6) is 0.886. The number of aryl methyl sites for hydroxylation is 1. The molecule has 25 heavy (non-hydrogen) atoms. The second-order valence-electron chi connectivity index (χ2n) is 6.39. The van der Waals surface area contributed by atoms with E-state index in [1.807, 2.05) is 17.9 Å². The normalized spacial score (nSPS) is 16.5. The van der Waals surface area contributed by atoms with Crippen LogP contribution in [0.1, 0.15) is 24.8 Å². The average Bonchev–Trinajstić information content (AvgIpc) is 3.01. The molecule has 0 bridgehead atoms. The molecule has 0 unspecified atom stereocenters. The summed E-state index contributed by atoms with van der Waals surface area (Å²) in [5.41, 5.74) is 1.19. The van der Waals surface area contributed by atoms with Gasteiger partial charge in [0.05, 0.1) is 12.7 Å². The molecule has 0 radical (unpaired) electrons. The van der Waals surface area contributed by atoms with Gasteiger partial charge in [-0.2, -0.15) is 5.10 Å². The molecule has 2 rings (SSSR count). The maximum atomic E-state index is 5.12. The first-order chi connectivity index (χ1) is 11.7. The van der Waals surface area contributed by atoms with E-state index in [0.717, 1.165) is 64.6 Å². The van der Waals surface area contributed by atoms with Gasteiger partial charge in [-0.15, -0.1) is 24.0 Å². The quantitative estimate of drug-likeness (QED) is 0.264. The third-order valence-electron chi connectivity index (χ3n) is 4.37. The highest BCUT2D eigenvalue weighted by Gasteiger charge is 2.19. The fourth-order valence-electron chi connectivity index (χ4n) is 3.00. The number of aliphatic imine (C=N–C) groups is 1. The summed E-state index contributed by atoms with van der Waals surface area (Å²) in [4.78, 5) is 6.85. The molecule has 0 atom stereocenters. The molecule has 0 aromatic carbocycles. The maximum absolute atomic E-state index is 5.12. The van der Waals surface area contributed by atoms with Gasteiger partial charge in [-0.25, -0.2) is 0 Å². The Labute approximate surface area is 168 Å². The Morgan fingerprint density at radius 3 is 2.72 bits per heavy atom. The first-order valence-electron chi connectivity index (χ1n) is 8.89. The van der Waals surface area contributed by atoms with Crippen LogP contribution in [0, 0.1) is 6.92 Å². The first kappa shape index (κ1) is 22.2. The zero-order valence-electron chi connectivity index (χ0n) is 15.7. The molecule has 1 aromatic heterocycles. The summed E-state index contributed by atoms with van der Waals surface area (Å²) in [6, 6.07) is 0.502. The molecule has 7 nitrogen and oxygen atoms in total. The number of hydrogen-bond acceptors (Lipinski definition) is 4. The highest BCUT2D eigenvalue weighted by Crippen LogP contribution is 2.10. The molecule has 1 aromatic rings. The minimum absolute atomic E-state index is 0. The molecular formula is C17H33IN6O. The molecule has 144 valence electrons. The van der Waals surface area contributed by atoms with Gasteiger partial charge in [0.15, 0.2) is 5.96 Å². The van der Waals surface area contributed by atoms with Crippen LogP contribution in [0.25, 0.3) is 0 Å². The number of likely N-dealkylation sites (tertiary alicyclic amines) is 1. The van der Waals surface area contributed by atoms with Gasteiger partial charge in [0.1, 0.15) is 0 Å². The van der Waals surface area contributed by atoms with Crippen molar-refractivity contribution >= 4 is 29.9 Å². The van der Waals surface area contributed by atoms with E-state index in [9.17, 15) is 0 Å². The Morgan fingerprint density at radius 1 is 1.36 bits per heavy atom. The predicted octanol–water partition coefficient (Wildman–Crippen LogP) is 1.48. The Balaban J connectivity index is 0.00000312. The lowest BCUT2D eigenvalue weighted by molar-refractivity contribution is 0.155. The molecule has 0 spiro atoms. The second kappa shape index (κ2) is 12.5. The number of hydrogen-bond donors (Lipinski definition) is 2. The van der Waals surface area contributed by atoms with E-state index in [0.29, 0.717) is 6.04 Å². The Bertz CT molecular complexity index is 499. The van der Waals surface area contributed by atoms with Crippen LogP contribution in [0.3, 0.4) is 0 Å². The van der Waals surface area contributed by atoms with Crippen molar-refractivity contribution in [2.75, 3.05) is 46.9 Å². The van der Waals surface area contributed by atoms with Crippen molar-refractivity contribution in [2.45, 2.75) is 38.8 Å². The van der Waals surface area contributed by atoms with Crippen LogP contribution in [0.15, 0.2) is 17.4 Å². The van der Waals surface area contributed by atoms with Crippen LogP contribution in [-0.2, 0) is 11.3 Å². The predicted molar refractivity (Wildman–Crippen MR) is 113 cm³/mol. The number of aromatic nitrogens is 2. The number of rotatable bonds is 8. The third kappa shape index (κ3) is 8.37. The van der Waals surface area contributed by atoms with Crippen LogP contribution in [0.4, 0.5) is 0 Å². The van der Waals surface area contributed by atoms with Gasteiger partial charge in [0.25, 0.3) is 0 Å². The van der Waals surface area contributed by atoms with Crippen molar-refractivity contribution in [3.63, 3.8) is 0 Å². The Kier molecular flexibility index (Phi) is 11.1. The van der Waals surface area contributed by atoms with Gasteiger partial charge < -0.3 is 20.3 Å². The van der Waals surface area contributed by atoms with Crippen LogP contribution in [-0.4, -0.2) is 73.6 Å². The van der Waals surface area contributed by atoms with Crippen molar-refractivity contribution in [2.24, 2.45) is 4.99 Å². The Morgan fingerprint density at radius 2 is 2.12 bits per heavy atom. The fourth-order valence-corrected chi connectivity index (χ4v) is 3.00. The van der Waals surface area contributed by atoms with E-state index in [2.05, 4.69) is 38.7 Å². The van der Waals surface area contributed by atoms with Crippen LogP contribution >= 0.6 is 24.0 Å². The lowest BCUT2D eigenvalue weighted by Gasteiger charge is -2.33. The van der Waals surface area contributed by atoms with Crippen molar-refractivity contribution in [1.82, 2.24) is 25.3 Å². The number of nitrogens with one attached hydrogen (secondary N) is 2. The van der Waals surface area contributed by atoms with E-state index >= 15 is 0 Å². The monoisotopic (exact) mass is 464 g/mol. The molecule has 2 heterocycles. The fraction of sp³-hybridized carbons (Fsp3) is 0.765. The summed E-state index contributed by atoms with van der Waals surface area (Å²) in [7, 11) is 3.59. The van der Waals surface area contributed by atoms with Crippen LogP contribution < -0.4 is 10.6 Å². The lowest BCUT2D eigenvalue weighted by atomic mass is 10.1. The van der Waals surface area contributed by atoms with Crippen LogP contribution in [0.2, 0.25) is 0 Å². The highest BCUT2D eigenvalue weighted by atomic mass is 127. The van der Waals surface area contributed by atoms with Crippen LogP contribution in [0.5, 0.6) is 0 Å². The molecule has 0 aliphatic carbocycles. The molecule has 1 saturated heterocycles. The summed E-state index contributed by atoms with van der Waals surface area (Å²) in [6.07, 6.45) is 7.37. The van der Waals surface area contributed by atoms with Gasteiger partial charge in [-0.1, -0.05) is 0 Å². The number of guanidine groups is 1. The standard InChI is InChI=1S/C17H32N6O.HI/c1-15-13-20-23(14-15)11-7-19-17(18-2)21-16-5-9-22(10-6-16)8-4-12-24-3;/h13-14,16H,4-12H2,1-3H3,(H2,18,19,21);1H. The summed E-state index contributed by atoms with van der Waals surface area (Å²) >= 11 is 0. The van der Waals surface area contributed by atoms with E-state index in [1.54, 1.807) is 7.11 Å². The number of halogens is 1. The van der Waals surface area contributed by atoms with E-state index < -0.39 is 0 Å². The summed E-state index contributed by atoms with van der Waals surface area (Å²) in [6.45, 7) is 7.99. The zero-order chi connectivity index (χ0) is 17.2. The van der Waals surface area contributed by atoms with Crippen molar-refractivity contribution < 1.29 is 4.74 Å². The minimum Gasteiger partial charge on any atom is -0.385 e. The minimum atomic E-state index is 0. The van der Waals surface area contributed by atoms with Crippen molar-refractivity contribution in [3.05, 3.63) is 18.0 Å². The molecule has 0 amide bonds. The lowest BCUT2D eigenvalue weighted by Crippen LogP contribution is -2.49. The van der Waals surface area contributed by atoms with Gasteiger partial charge in [0.2, 0.25) is 0 Å². The third-order valence-corrected chi connectivity index (χ3v) is 4.37. The Hall–Kier alpha value is -0.870. The first-order valence-corrected chi connectivity index (χ1v) is 8.89. The van der Waals surface area contributed by atoms with Gasteiger partial charge in [0, 0.05) is 59.2 Å². The molecule has 1 aliphatic rings. The van der Waals surface area contributed by atoms with E-state index in [4.69, 9.17) is 4.74 Å². The van der Waals surface area contributed by atoms with E-state index in [-0.39, 0.29) is 24.0 Å². The van der Waals surface area contributed by atoms with E-state index in [1.165, 1.54) is 5.56 Å². The average molecular weight is 464 g/mol. The van der Waals surface area contributed by atoms with Gasteiger partial charge >= 0.3 is 0 Å². The van der Waals surface area contributed by atoms with Gasteiger partial charge in [-0.3, -0.25) is 9.67 Å². The van der Waals surface area contributed by atoms with Crippen molar-refractivity contribution in [3.8, 4) is 0 Å². The molecule has 1 fully saturated rings.